The second kappa shape index (κ2) is 9.34. The molecule has 218 valence electrons. The van der Waals surface area contributed by atoms with Crippen LogP contribution in [0.3, 0.4) is 0 Å². The molecule has 0 radical (unpaired) electrons. The number of Topliss-reactive ketones (excluding diaryl/α,β-unsaturated/α-hetero) is 1. The van der Waals surface area contributed by atoms with Crippen molar-refractivity contribution in [1.29, 1.82) is 0 Å². The molecular weight excluding hydrogens is 518 g/mol. The maximum absolute atomic E-state index is 17.6. The molecular formula is C31H40F2N2O5. The highest BCUT2D eigenvalue weighted by molar-refractivity contribution is 5.93. The van der Waals surface area contributed by atoms with Gasteiger partial charge in [-0.05, 0) is 74.4 Å². The Balaban J connectivity index is 1.38. The number of nitrogens with two attached hydrogens (primary N) is 1. The largest absolute Gasteiger partial charge is 0.399 e. The van der Waals surface area contributed by atoms with Crippen molar-refractivity contribution in [2.45, 2.75) is 94.9 Å². The lowest BCUT2D eigenvalue weighted by molar-refractivity contribution is -0.234. The standard InChI is InChI=1S/C31H40F2N2O5/c1-4-5-27-39-26-14-20-21-13-23(32)22-12-19(36)10-11-28(22,2)30(21,33)24(37)15-29(20,3)31(26,40-27)25(38)16-35-18-8-6-17(34)7-9-18/h6-12,19-21,23-24,26-27,35-37H,4-5,13-16,34H2,1-3H3/t19?,20-,21-,23-,24-,26+,27?,28-,29-,30-,31+/m0/s1. The van der Waals surface area contributed by atoms with E-state index in [0.29, 0.717) is 18.5 Å². The number of ether oxygens (including phenoxy) is 2. The number of hydrogen-bond acceptors (Lipinski definition) is 7. The van der Waals surface area contributed by atoms with E-state index in [1.807, 2.05) is 13.8 Å². The average Bonchev–Trinajstić information content (AvgIpc) is 3.39. The number of carbonyl (C=O) groups is 1. The summed E-state index contributed by atoms with van der Waals surface area (Å²) in [6.45, 7) is 5.46. The molecule has 1 aromatic rings. The summed E-state index contributed by atoms with van der Waals surface area (Å²) in [6, 6.07) is 7.05. The number of aliphatic hydroxyl groups excluding tert-OH is 2. The fraction of sp³-hybridized carbons (Fsp3) is 0.645. The number of hydrogen-bond donors (Lipinski definition) is 4. The topological polar surface area (TPSA) is 114 Å². The highest BCUT2D eigenvalue weighted by Crippen LogP contribution is 2.72. The number of allylic oxidation sites excluding steroid dienone is 2. The van der Waals surface area contributed by atoms with Gasteiger partial charge in [-0.1, -0.05) is 32.4 Å². The molecule has 11 atom stereocenters. The van der Waals surface area contributed by atoms with E-state index >= 15 is 8.78 Å². The maximum Gasteiger partial charge on any atom is 0.186 e. The number of anilines is 2. The molecule has 4 aliphatic carbocycles. The number of nitrogen functional groups attached to an aromatic ring is 1. The van der Waals surface area contributed by atoms with Crippen molar-refractivity contribution in [3.05, 3.63) is 48.1 Å². The van der Waals surface area contributed by atoms with E-state index in [0.717, 1.165) is 12.1 Å². The summed E-state index contributed by atoms with van der Waals surface area (Å²) in [6.07, 6.45) is 0.717. The summed E-state index contributed by atoms with van der Waals surface area (Å²) >= 11 is 0. The molecule has 0 aromatic heterocycles. The van der Waals surface area contributed by atoms with Gasteiger partial charge in [0.05, 0.1) is 24.9 Å². The summed E-state index contributed by atoms with van der Waals surface area (Å²) in [5, 5.41) is 25.0. The van der Waals surface area contributed by atoms with Crippen molar-refractivity contribution >= 4 is 17.2 Å². The van der Waals surface area contributed by atoms with Gasteiger partial charge in [-0.2, -0.15) is 0 Å². The molecule has 40 heavy (non-hydrogen) atoms. The zero-order valence-electron chi connectivity index (χ0n) is 23.3. The van der Waals surface area contributed by atoms with Crippen LogP contribution in [-0.4, -0.2) is 64.6 Å². The van der Waals surface area contributed by atoms with Crippen LogP contribution in [-0.2, 0) is 14.3 Å². The molecule has 7 nitrogen and oxygen atoms in total. The molecule has 9 heteroatoms. The molecule has 4 fully saturated rings. The average molecular weight is 559 g/mol. The summed E-state index contributed by atoms with van der Waals surface area (Å²) in [7, 11) is 0. The van der Waals surface area contributed by atoms with Crippen LogP contribution in [0, 0.1) is 22.7 Å². The minimum absolute atomic E-state index is 0.0345. The zero-order chi connectivity index (χ0) is 28.7. The smallest absolute Gasteiger partial charge is 0.186 e. The van der Waals surface area contributed by atoms with Crippen LogP contribution in [0.5, 0.6) is 0 Å². The quantitative estimate of drug-likeness (QED) is 0.305. The highest BCUT2D eigenvalue weighted by Gasteiger charge is 2.79. The maximum atomic E-state index is 17.6. The van der Waals surface area contributed by atoms with E-state index in [-0.39, 0.29) is 30.7 Å². The first-order valence-corrected chi connectivity index (χ1v) is 14.5. The van der Waals surface area contributed by atoms with Gasteiger partial charge in [-0.25, -0.2) is 8.78 Å². The van der Waals surface area contributed by atoms with Gasteiger partial charge in [0, 0.05) is 28.1 Å². The van der Waals surface area contributed by atoms with E-state index < -0.39 is 64.7 Å². The third-order valence-electron chi connectivity index (χ3n) is 10.8. The van der Waals surface area contributed by atoms with Crippen molar-refractivity contribution in [3.8, 4) is 0 Å². The van der Waals surface area contributed by atoms with Crippen LogP contribution in [0.4, 0.5) is 20.2 Å². The Kier molecular flexibility index (Phi) is 6.50. The monoisotopic (exact) mass is 558 g/mol. The second-order valence-corrected chi connectivity index (χ2v) is 12.8. The Morgan fingerprint density at radius 1 is 1.18 bits per heavy atom. The summed E-state index contributed by atoms with van der Waals surface area (Å²) < 4.78 is 46.3. The van der Waals surface area contributed by atoms with E-state index in [1.54, 1.807) is 31.2 Å². The minimum atomic E-state index is -2.18. The van der Waals surface area contributed by atoms with Crippen LogP contribution < -0.4 is 11.1 Å². The van der Waals surface area contributed by atoms with Gasteiger partial charge in [0.25, 0.3) is 0 Å². The number of halogens is 2. The molecule has 1 saturated heterocycles. The van der Waals surface area contributed by atoms with Crippen LogP contribution in [0.15, 0.2) is 48.1 Å². The van der Waals surface area contributed by atoms with Gasteiger partial charge >= 0.3 is 0 Å². The molecule has 0 bridgehead atoms. The number of carbonyl (C=O) groups excluding carboxylic acids is 1. The van der Waals surface area contributed by atoms with E-state index in [9.17, 15) is 15.0 Å². The van der Waals surface area contributed by atoms with Gasteiger partial charge in [-0.15, -0.1) is 0 Å². The van der Waals surface area contributed by atoms with Crippen LogP contribution >= 0.6 is 0 Å². The Hall–Kier alpha value is -2.33. The number of rotatable bonds is 6. The van der Waals surface area contributed by atoms with Gasteiger partial charge in [0.2, 0.25) is 0 Å². The van der Waals surface area contributed by atoms with Crippen molar-refractivity contribution in [3.63, 3.8) is 0 Å². The number of fused-ring (bicyclic) bond motifs is 7. The van der Waals surface area contributed by atoms with Crippen molar-refractivity contribution in [2.75, 3.05) is 17.6 Å². The molecule has 0 amide bonds. The normalized spacial score (nSPS) is 47.1. The molecule has 1 aromatic carbocycles. The highest BCUT2D eigenvalue weighted by atomic mass is 19.1. The van der Waals surface area contributed by atoms with Gasteiger partial charge in [0.15, 0.2) is 23.3 Å². The molecule has 0 spiro atoms. The third-order valence-corrected chi connectivity index (χ3v) is 10.8. The van der Waals surface area contributed by atoms with Crippen molar-refractivity contribution in [2.24, 2.45) is 22.7 Å². The molecule has 1 heterocycles. The Bertz CT molecular complexity index is 1240. The molecule has 5 aliphatic rings. The number of alkyl halides is 2. The summed E-state index contributed by atoms with van der Waals surface area (Å²) in [4.78, 5) is 14.2. The number of aliphatic hydroxyl groups is 2. The lowest BCUT2D eigenvalue weighted by Crippen LogP contribution is -2.71. The Morgan fingerprint density at radius 2 is 1.90 bits per heavy atom. The molecule has 1 aliphatic heterocycles. The van der Waals surface area contributed by atoms with E-state index in [1.165, 1.54) is 18.2 Å². The number of nitrogens with one attached hydrogen (secondary N) is 1. The lowest BCUT2D eigenvalue weighted by atomic mass is 9.44. The van der Waals surface area contributed by atoms with Gasteiger partial charge < -0.3 is 30.7 Å². The summed E-state index contributed by atoms with van der Waals surface area (Å²) in [5.41, 5.74) is 1.29. The molecule has 5 N–H and O–H groups in total. The van der Waals surface area contributed by atoms with Crippen LogP contribution in [0.25, 0.3) is 0 Å². The van der Waals surface area contributed by atoms with Crippen LogP contribution in [0.2, 0.25) is 0 Å². The molecule has 2 unspecified atom stereocenters. The Morgan fingerprint density at radius 3 is 2.60 bits per heavy atom. The number of ketones is 1. The van der Waals surface area contributed by atoms with Crippen molar-refractivity contribution in [1.82, 2.24) is 0 Å². The van der Waals surface area contributed by atoms with Gasteiger partial charge in [0.1, 0.15) is 6.17 Å². The first-order valence-electron chi connectivity index (χ1n) is 14.5. The molecule has 3 saturated carbocycles. The predicted molar refractivity (Wildman–Crippen MR) is 147 cm³/mol. The first kappa shape index (κ1) is 27.8. The zero-order valence-corrected chi connectivity index (χ0v) is 23.3. The lowest BCUT2D eigenvalue weighted by Gasteiger charge is -2.63. The fourth-order valence-corrected chi connectivity index (χ4v) is 8.92. The predicted octanol–water partition coefficient (Wildman–Crippen LogP) is 4.25. The van der Waals surface area contributed by atoms with E-state index in [4.69, 9.17) is 15.2 Å². The van der Waals surface area contributed by atoms with Crippen LogP contribution in [0.1, 0.15) is 52.9 Å². The Labute approximate surface area is 233 Å². The van der Waals surface area contributed by atoms with E-state index in [2.05, 4.69) is 5.32 Å². The first-order chi connectivity index (χ1) is 18.9. The fourth-order valence-electron chi connectivity index (χ4n) is 8.92. The van der Waals surface area contributed by atoms with Crippen molar-refractivity contribution < 1.29 is 33.3 Å². The number of benzene rings is 1. The third kappa shape index (κ3) is 3.56. The van der Waals surface area contributed by atoms with Gasteiger partial charge in [-0.3, -0.25) is 4.79 Å². The second-order valence-electron chi connectivity index (χ2n) is 12.8. The SMILES string of the molecule is CCCC1O[C@@H]2C[C@H]3[C@@H]4C[C@H](F)C5=CC(O)C=C[C@]5(C)[C@@]4(F)[C@@H](O)C[C@]3(C)[C@]2(C(=O)CNc2ccc(N)cc2)O1. The summed E-state index contributed by atoms with van der Waals surface area (Å²) in [5.74, 6) is -1.57. The molecule has 6 rings (SSSR count). The minimum Gasteiger partial charge on any atom is -0.399 e.